The van der Waals surface area contributed by atoms with Crippen LogP contribution >= 0.6 is 0 Å². The molecule has 0 spiro atoms. The Bertz CT molecular complexity index is 523. The summed E-state index contributed by atoms with van der Waals surface area (Å²) < 4.78 is 28.3. The lowest BCUT2D eigenvalue weighted by atomic mass is 10.1. The predicted molar refractivity (Wildman–Crippen MR) is 80.7 cm³/mol. The highest BCUT2D eigenvalue weighted by Crippen LogP contribution is 2.18. The molecule has 0 amide bonds. The van der Waals surface area contributed by atoms with E-state index >= 15 is 0 Å². The minimum Gasteiger partial charge on any atom is -0.491 e. The lowest BCUT2D eigenvalue weighted by Crippen LogP contribution is -2.23. The van der Waals surface area contributed by atoms with E-state index < -0.39 is 9.84 Å². The largest absolute Gasteiger partial charge is 0.491 e. The van der Waals surface area contributed by atoms with Gasteiger partial charge in [0.05, 0.1) is 17.6 Å². The van der Waals surface area contributed by atoms with Crippen LogP contribution in [0.1, 0.15) is 25.8 Å². The van der Waals surface area contributed by atoms with E-state index in [0.29, 0.717) is 11.5 Å². The van der Waals surface area contributed by atoms with E-state index in [1.54, 1.807) is 0 Å². The summed E-state index contributed by atoms with van der Waals surface area (Å²) in [5.74, 6) is 1.83. The van der Waals surface area contributed by atoms with Crippen LogP contribution in [-0.4, -0.2) is 32.6 Å². The van der Waals surface area contributed by atoms with E-state index in [1.165, 1.54) is 5.56 Å². The van der Waals surface area contributed by atoms with Gasteiger partial charge >= 0.3 is 0 Å². The van der Waals surface area contributed by atoms with Crippen LogP contribution in [0.3, 0.4) is 0 Å². The van der Waals surface area contributed by atoms with Gasteiger partial charge in [0.15, 0.2) is 9.84 Å². The lowest BCUT2D eigenvalue weighted by molar-refractivity contribution is 0.242. The summed E-state index contributed by atoms with van der Waals surface area (Å²) in [6.45, 7) is 5.54. The summed E-state index contributed by atoms with van der Waals surface area (Å²) in [5.41, 5.74) is 1.18. The highest BCUT2D eigenvalue weighted by Gasteiger charge is 2.27. The summed E-state index contributed by atoms with van der Waals surface area (Å²) in [4.78, 5) is 0. The molecule has 5 heteroatoms. The molecular weight excluding hydrogens is 274 g/mol. The number of hydrogen-bond donors (Lipinski definition) is 1. The topological polar surface area (TPSA) is 55.4 Å². The van der Waals surface area contributed by atoms with Crippen molar-refractivity contribution in [1.29, 1.82) is 0 Å². The molecule has 1 heterocycles. The molecule has 112 valence electrons. The van der Waals surface area contributed by atoms with Crippen molar-refractivity contribution < 1.29 is 13.2 Å². The Hall–Kier alpha value is -1.07. The average molecular weight is 297 g/mol. The first-order valence-corrected chi connectivity index (χ1v) is 8.93. The van der Waals surface area contributed by atoms with E-state index in [0.717, 1.165) is 25.3 Å². The van der Waals surface area contributed by atoms with Crippen LogP contribution in [-0.2, 0) is 16.4 Å². The Labute approximate surface area is 121 Å². The molecule has 1 N–H and O–H groups in total. The van der Waals surface area contributed by atoms with Gasteiger partial charge in [0, 0.05) is 6.54 Å². The first kappa shape index (κ1) is 15.3. The van der Waals surface area contributed by atoms with Crippen LogP contribution in [0.25, 0.3) is 0 Å². The molecule has 1 aromatic carbocycles. The summed E-state index contributed by atoms with van der Waals surface area (Å²) in [5, 5.41) is 3.34. The van der Waals surface area contributed by atoms with E-state index in [1.807, 2.05) is 38.1 Å². The Morgan fingerprint density at radius 3 is 2.55 bits per heavy atom. The maximum atomic E-state index is 11.4. The fourth-order valence-electron chi connectivity index (χ4n) is 2.41. The van der Waals surface area contributed by atoms with Gasteiger partial charge in [-0.25, -0.2) is 8.42 Å². The summed E-state index contributed by atoms with van der Waals surface area (Å²) >= 11 is 0. The van der Waals surface area contributed by atoms with Crippen LogP contribution < -0.4 is 10.1 Å². The number of sulfone groups is 1. The second kappa shape index (κ2) is 6.59. The molecule has 20 heavy (non-hydrogen) atoms. The number of ether oxygens (including phenoxy) is 1. The molecule has 4 nitrogen and oxygen atoms in total. The lowest BCUT2D eigenvalue weighted by Gasteiger charge is -2.11. The zero-order valence-corrected chi connectivity index (χ0v) is 12.9. The molecule has 1 aliphatic rings. The standard InChI is InChI=1S/C15H23NO3S/c1-12(2)19-15-5-3-13(4-6-15)9-16-10-14-7-8-20(17,18)11-14/h3-6,12,14,16H,7-11H2,1-2H3. The monoisotopic (exact) mass is 297 g/mol. The molecule has 0 aromatic heterocycles. The van der Waals surface area contributed by atoms with Crippen molar-refractivity contribution in [3.8, 4) is 5.75 Å². The van der Waals surface area contributed by atoms with Crippen molar-refractivity contribution in [1.82, 2.24) is 5.32 Å². The zero-order valence-electron chi connectivity index (χ0n) is 12.1. The quantitative estimate of drug-likeness (QED) is 0.872. The molecule has 1 saturated heterocycles. The predicted octanol–water partition coefficient (Wildman–Crippen LogP) is 2.00. The van der Waals surface area contributed by atoms with Gasteiger partial charge in [0.1, 0.15) is 5.75 Å². The molecule has 2 rings (SSSR count). The van der Waals surface area contributed by atoms with Crippen molar-refractivity contribution in [3.63, 3.8) is 0 Å². The van der Waals surface area contributed by atoms with Crippen LogP contribution in [0.4, 0.5) is 0 Å². The van der Waals surface area contributed by atoms with Crippen molar-refractivity contribution >= 4 is 9.84 Å². The van der Waals surface area contributed by atoms with Crippen molar-refractivity contribution in [2.45, 2.75) is 32.9 Å². The van der Waals surface area contributed by atoms with E-state index in [9.17, 15) is 8.42 Å². The van der Waals surface area contributed by atoms with Gasteiger partial charge in [-0.05, 0) is 50.4 Å². The molecule has 0 saturated carbocycles. The zero-order chi connectivity index (χ0) is 14.6. The van der Waals surface area contributed by atoms with Gasteiger partial charge in [-0.3, -0.25) is 0 Å². The van der Waals surface area contributed by atoms with E-state index in [-0.39, 0.29) is 12.0 Å². The molecule has 0 radical (unpaired) electrons. The van der Waals surface area contributed by atoms with Gasteiger partial charge in [0.2, 0.25) is 0 Å². The third kappa shape index (κ3) is 4.80. The van der Waals surface area contributed by atoms with Gasteiger partial charge in [-0.2, -0.15) is 0 Å². The third-order valence-electron chi connectivity index (χ3n) is 3.38. The highest BCUT2D eigenvalue weighted by atomic mass is 32.2. The van der Waals surface area contributed by atoms with Gasteiger partial charge in [0.25, 0.3) is 0 Å². The number of benzene rings is 1. The first-order valence-electron chi connectivity index (χ1n) is 7.11. The number of hydrogen-bond acceptors (Lipinski definition) is 4. The fourth-order valence-corrected chi connectivity index (χ4v) is 4.27. The number of rotatable bonds is 6. The normalized spacial score (nSPS) is 21.2. The fraction of sp³-hybridized carbons (Fsp3) is 0.600. The van der Waals surface area contributed by atoms with Gasteiger partial charge in [-0.15, -0.1) is 0 Å². The third-order valence-corrected chi connectivity index (χ3v) is 5.22. The molecule has 1 fully saturated rings. The molecular formula is C15H23NO3S. The Morgan fingerprint density at radius 1 is 1.30 bits per heavy atom. The first-order chi connectivity index (χ1) is 9.44. The minimum atomic E-state index is -2.76. The Kier molecular flexibility index (Phi) is 5.05. The highest BCUT2D eigenvalue weighted by molar-refractivity contribution is 7.91. The maximum absolute atomic E-state index is 11.4. The van der Waals surface area contributed by atoms with Crippen LogP contribution in [0.2, 0.25) is 0 Å². The molecule has 1 atom stereocenters. The van der Waals surface area contributed by atoms with Gasteiger partial charge in [-0.1, -0.05) is 12.1 Å². The molecule has 1 unspecified atom stereocenters. The van der Waals surface area contributed by atoms with Crippen LogP contribution in [0.5, 0.6) is 5.75 Å². The Morgan fingerprint density at radius 2 is 2.00 bits per heavy atom. The minimum absolute atomic E-state index is 0.184. The smallest absolute Gasteiger partial charge is 0.150 e. The Balaban J connectivity index is 1.74. The molecule has 1 aliphatic heterocycles. The van der Waals surface area contributed by atoms with Crippen molar-refractivity contribution in [2.75, 3.05) is 18.1 Å². The summed E-state index contributed by atoms with van der Waals surface area (Å²) in [6, 6.07) is 8.01. The summed E-state index contributed by atoms with van der Waals surface area (Å²) in [7, 11) is -2.76. The maximum Gasteiger partial charge on any atom is 0.150 e. The molecule has 0 bridgehead atoms. The van der Waals surface area contributed by atoms with E-state index in [4.69, 9.17) is 4.74 Å². The summed E-state index contributed by atoms with van der Waals surface area (Å²) in [6.07, 6.45) is 0.972. The van der Waals surface area contributed by atoms with Crippen molar-refractivity contribution in [3.05, 3.63) is 29.8 Å². The molecule has 1 aromatic rings. The van der Waals surface area contributed by atoms with Crippen molar-refractivity contribution in [2.24, 2.45) is 5.92 Å². The second-order valence-electron chi connectivity index (χ2n) is 5.71. The van der Waals surface area contributed by atoms with Gasteiger partial charge < -0.3 is 10.1 Å². The average Bonchev–Trinajstić information content (AvgIpc) is 2.70. The van der Waals surface area contributed by atoms with E-state index in [2.05, 4.69) is 5.32 Å². The second-order valence-corrected chi connectivity index (χ2v) is 7.94. The van der Waals surface area contributed by atoms with Crippen LogP contribution in [0, 0.1) is 5.92 Å². The molecule has 0 aliphatic carbocycles. The SMILES string of the molecule is CC(C)Oc1ccc(CNCC2CCS(=O)(=O)C2)cc1. The van der Waals surface area contributed by atoms with Crippen LogP contribution in [0.15, 0.2) is 24.3 Å². The number of nitrogens with one attached hydrogen (secondary N) is 1.